The van der Waals surface area contributed by atoms with Crippen LogP contribution in [0.25, 0.3) is 0 Å². The Labute approximate surface area is 108 Å². The average molecular weight is 247 g/mol. The van der Waals surface area contributed by atoms with Crippen LogP contribution in [0.4, 0.5) is 0 Å². The second kappa shape index (κ2) is 5.53. The fourth-order valence-corrected chi connectivity index (χ4v) is 2.73. The van der Waals surface area contributed by atoms with Gasteiger partial charge in [0.1, 0.15) is 0 Å². The van der Waals surface area contributed by atoms with Crippen LogP contribution in [-0.4, -0.2) is 23.7 Å². The SMILES string of the molecule is Cc1cccc(C)c1C(=O)NCC1CCC(O)C1. The quantitative estimate of drug-likeness (QED) is 0.860. The lowest BCUT2D eigenvalue weighted by Gasteiger charge is -2.13. The fourth-order valence-electron chi connectivity index (χ4n) is 2.73. The van der Waals surface area contributed by atoms with Gasteiger partial charge >= 0.3 is 0 Å². The lowest BCUT2D eigenvalue weighted by molar-refractivity contribution is 0.0944. The topological polar surface area (TPSA) is 49.3 Å². The van der Waals surface area contributed by atoms with Gasteiger partial charge in [-0.1, -0.05) is 18.2 Å². The first kappa shape index (κ1) is 13.1. The van der Waals surface area contributed by atoms with E-state index in [1.165, 1.54) is 0 Å². The molecule has 1 aromatic rings. The number of aliphatic hydroxyl groups is 1. The molecule has 1 aliphatic carbocycles. The minimum Gasteiger partial charge on any atom is -0.393 e. The standard InChI is InChI=1S/C15H21NO2/c1-10-4-3-5-11(2)14(10)15(18)16-9-12-6-7-13(17)8-12/h3-5,12-13,17H,6-9H2,1-2H3,(H,16,18). The van der Waals surface area contributed by atoms with Crippen molar-refractivity contribution >= 4 is 5.91 Å². The summed E-state index contributed by atoms with van der Waals surface area (Å²) in [5, 5.41) is 12.5. The van der Waals surface area contributed by atoms with Gasteiger partial charge in [0.05, 0.1) is 6.10 Å². The molecule has 1 fully saturated rings. The van der Waals surface area contributed by atoms with E-state index in [-0.39, 0.29) is 12.0 Å². The number of carbonyl (C=O) groups is 1. The summed E-state index contributed by atoms with van der Waals surface area (Å²) in [4.78, 5) is 12.2. The van der Waals surface area contributed by atoms with Crippen molar-refractivity contribution in [1.82, 2.24) is 5.32 Å². The molecule has 0 aliphatic heterocycles. The van der Waals surface area contributed by atoms with E-state index in [0.717, 1.165) is 36.0 Å². The highest BCUT2D eigenvalue weighted by atomic mass is 16.3. The maximum absolute atomic E-state index is 12.2. The van der Waals surface area contributed by atoms with E-state index in [1.807, 2.05) is 32.0 Å². The van der Waals surface area contributed by atoms with Crippen molar-refractivity contribution in [2.75, 3.05) is 6.54 Å². The van der Waals surface area contributed by atoms with Crippen molar-refractivity contribution in [3.8, 4) is 0 Å². The predicted octanol–water partition coefficient (Wildman–Crippen LogP) is 2.19. The van der Waals surface area contributed by atoms with Gasteiger partial charge in [-0.15, -0.1) is 0 Å². The van der Waals surface area contributed by atoms with E-state index in [2.05, 4.69) is 5.32 Å². The third-order valence-corrected chi connectivity index (χ3v) is 3.77. The number of aliphatic hydroxyl groups excluding tert-OH is 1. The Morgan fingerprint density at radius 3 is 2.56 bits per heavy atom. The van der Waals surface area contributed by atoms with Gasteiger partial charge in [-0.3, -0.25) is 4.79 Å². The summed E-state index contributed by atoms with van der Waals surface area (Å²) in [6.45, 7) is 4.59. The number of rotatable bonds is 3. The summed E-state index contributed by atoms with van der Waals surface area (Å²) in [7, 11) is 0. The van der Waals surface area contributed by atoms with Gasteiger partial charge in [0.2, 0.25) is 0 Å². The van der Waals surface area contributed by atoms with Crippen LogP contribution in [0.3, 0.4) is 0 Å². The Morgan fingerprint density at radius 2 is 2.00 bits per heavy atom. The fraction of sp³-hybridized carbons (Fsp3) is 0.533. The van der Waals surface area contributed by atoms with E-state index in [0.29, 0.717) is 12.5 Å². The summed E-state index contributed by atoms with van der Waals surface area (Å²) in [5.41, 5.74) is 2.81. The Balaban J connectivity index is 1.96. The summed E-state index contributed by atoms with van der Waals surface area (Å²) in [6.07, 6.45) is 2.51. The van der Waals surface area contributed by atoms with Crippen LogP contribution < -0.4 is 5.32 Å². The summed E-state index contributed by atoms with van der Waals surface area (Å²) in [5.74, 6) is 0.431. The highest BCUT2D eigenvalue weighted by Gasteiger charge is 2.23. The molecule has 2 unspecified atom stereocenters. The van der Waals surface area contributed by atoms with Gasteiger partial charge in [-0.2, -0.15) is 0 Å². The molecular formula is C15H21NO2. The molecule has 2 N–H and O–H groups in total. The highest BCUT2D eigenvalue weighted by molar-refractivity contribution is 5.97. The summed E-state index contributed by atoms with van der Waals surface area (Å²) < 4.78 is 0. The van der Waals surface area contributed by atoms with Crippen LogP contribution >= 0.6 is 0 Å². The number of hydrogen-bond acceptors (Lipinski definition) is 2. The van der Waals surface area contributed by atoms with Crippen LogP contribution in [0.1, 0.15) is 40.7 Å². The normalized spacial score (nSPS) is 23.1. The third kappa shape index (κ3) is 2.91. The zero-order chi connectivity index (χ0) is 13.1. The van der Waals surface area contributed by atoms with Crippen LogP contribution in [0.5, 0.6) is 0 Å². The monoisotopic (exact) mass is 247 g/mol. The second-order valence-electron chi connectivity index (χ2n) is 5.31. The second-order valence-corrected chi connectivity index (χ2v) is 5.31. The molecule has 98 valence electrons. The van der Waals surface area contributed by atoms with Crippen LogP contribution in [0.15, 0.2) is 18.2 Å². The summed E-state index contributed by atoms with van der Waals surface area (Å²) in [6, 6.07) is 5.89. The number of carbonyl (C=O) groups excluding carboxylic acids is 1. The molecular weight excluding hydrogens is 226 g/mol. The maximum atomic E-state index is 12.2. The molecule has 1 aliphatic rings. The summed E-state index contributed by atoms with van der Waals surface area (Å²) >= 11 is 0. The average Bonchev–Trinajstić information content (AvgIpc) is 2.72. The maximum Gasteiger partial charge on any atom is 0.251 e. The molecule has 0 heterocycles. The molecule has 1 aromatic carbocycles. The zero-order valence-corrected chi connectivity index (χ0v) is 11.1. The van der Waals surface area contributed by atoms with Gasteiger partial charge < -0.3 is 10.4 Å². The molecule has 3 nitrogen and oxygen atoms in total. The Kier molecular flexibility index (Phi) is 4.02. The Morgan fingerprint density at radius 1 is 1.33 bits per heavy atom. The Hall–Kier alpha value is -1.35. The van der Waals surface area contributed by atoms with Gasteiger partial charge in [0, 0.05) is 12.1 Å². The molecule has 1 amide bonds. The number of benzene rings is 1. The minimum absolute atomic E-state index is 0.00647. The van der Waals surface area contributed by atoms with Crippen molar-refractivity contribution in [3.63, 3.8) is 0 Å². The van der Waals surface area contributed by atoms with Crippen molar-refractivity contribution < 1.29 is 9.90 Å². The largest absolute Gasteiger partial charge is 0.393 e. The molecule has 0 radical (unpaired) electrons. The minimum atomic E-state index is -0.174. The van der Waals surface area contributed by atoms with E-state index >= 15 is 0 Å². The predicted molar refractivity (Wildman–Crippen MR) is 71.6 cm³/mol. The smallest absolute Gasteiger partial charge is 0.251 e. The number of aryl methyl sites for hydroxylation is 2. The number of amides is 1. The highest BCUT2D eigenvalue weighted by Crippen LogP contribution is 2.24. The molecule has 3 heteroatoms. The molecule has 0 bridgehead atoms. The van der Waals surface area contributed by atoms with Crippen molar-refractivity contribution in [1.29, 1.82) is 0 Å². The molecule has 2 rings (SSSR count). The van der Waals surface area contributed by atoms with E-state index < -0.39 is 0 Å². The van der Waals surface area contributed by atoms with Crippen molar-refractivity contribution in [2.24, 2.45) is 5.92 Å². The van der Waals surface area contributed by atoms with Gasteiger partial charge in [-0.05, 0) is 50.2 Å². The first-order valence-corrected chi connectivity index (χ1v) is 6.60. The third-order valence-electron chi connectivity index (χ3n) is 3.77. The van der Waals surface area contributed by atoms with Gasteiger partial charge in [-0.25, -0.2) is 0 Å². The molecule has 0 spiro atoms. The Bertz CT molecular complexity index is 422. The van der Waals surface area contributed by atoms with Gasteiger partial charge in [0.15, 0.2) is 0 Å². The van der Waals surface area contributed by atoms with E-state index in [4.69, 9.17) is 0 Å². The number of hydrogen-bond donors (Lipinski definition) is 2. The lowest BCUT2D eigenvalue weighted by Crippen LogP contribution is -2.29. The first-order valence-electron chi connectivity index (χ1n) is 6.60. The molecule has 2 atom stereocenters. The van der Waals surface area contributed by atoms with Crippen LogP contribution in [-0.2, 0) is 0 Å². The van der Waals surface area contributed by atoms with Crippen LogP contribution in [0.2, 0.25) is 0 Å². The molecule has 0 saturated heterocycles. The van der Waals surface area contributed by atoms with E-state index in [1.54, 1.807) is 0 Å². The molecule has 18 heavy (non-hydrogen) atoms. The van der Waals surface area contributed by atoms with Crippen LogP contribution in [0, 0.1) is 19.8 Å². The van der Waals surface area contributed by atoms with Crippen molar-refractivity contribution in [2.45, 2.75) is 39.2 Å². The zero-order valence-electron chi connectivity index (χ0n) is 11.1. The first-order chi connectivity index (χ1) is 8.58. The number of nitrogens with one attached hydrogen (secondary N) is 1. The molecule has 0 aromatic heterocycles. The van der Waals surface area contributed by atoms with Gasteiger partial charge in [0.25, 0.3) is 5.91 Å². The molecule has 1 saturated carbocycles. The lowest BCUT2D eigenvalue weighted by atomic mass is 10.0. The van der Waals surface area contributed by atoms with E-state index in [9.17, 15) is 9.90 Å². The van der Waals surface area contributed by atoms with Crippen molar-refractivity contribution in [3.05, 3.63) is 34.9 Å².